The second-order valence-electron chi connectivity index (χ2n) is 3.37. The van der Waals surface area contributed by atoms with Crippen molar-refractivity contribution in [1.82, 2.24) is 4.90 Å². The third-order valence-corrected chi connectivity index (χ3v) is 3.34. The lowest BCUT2D eigenvalue weighted by Crippen LogP contribution is -2.28. The van der Waals surface area contributed by atoms with Gasteiger partial charge in [-0.2, -0.15) is 0 Å². The fourth-order valence-corrected chi connectivity index (χ4v) is 2.10. The van der Waals surface area contributed by atoms with E-state index in [1.54, 1.807) is 30.1 Å². The second kappa shape index (κ2) is 6.48. The van der Waals surface area contributed by atoms with Gasteiger partial charge in [0.1, 0.15) is 0 Å². The molecule has 1 aromatic carbocycles. The van der Waals surface area contributed by atoms with Crippen LogP contribution in [0.2, 0.25) is 10.0 Å². The van der Waals surface area contributed by atoms with Crippen molar-refractivity contribution in [2.75, 3.05) is 18.9 Å². The van der Waals surface area contributed by atoms with Crippen LogP contribution in [0.15, 0.2) is 18.2 Å². The van der Waals surface area contributed by atoms with E-state index in [4.69, 9.17) is 23.2 Å². The molecule has 0 N–H and O–H groups in total. The summed E-state index contributed by atoms with van der Waals surface area (Å²) in [6, 6.07) is 5.05. The van der Waals surface area contributed by atoms with Crippen LogP contribution in [0.4, 0.5) is 0 Å². The van der Waals surface area contributed by atoms with Crippen molar-refractivity contribution in [2.24, 2.45) is 0 Å². The maximum absolute atomic E-state index is 12.0. The zero-order valence-corrected chi connectivity index (χ0v) is 11.9. The van der Waals surface area contributed by atoms with Crippen LogP contribution in [0.1, 0.15) is 16.8 Å². The summed E-state index contributed by atoms with van der Waals surface area (Å²) in [5.41, 5.74) is 0.378. The summed E-state index contributed by atoms with van der Waals surface area (Å²) < 4.78 is 0. The van der Waals surface area contributed by atoms with Gasteiger partial charge in [0.2, 0.25) is 0 Å². The van der Waals surface area contributed by atoms with Crippen LogP contribution in [0.25, 0.3) is 0 Å². The van der Waals surface area contributed by atoms with Gasteiger partial charge in [0, 0.05) is 18.9 Å². The molecule has 0 fully saturated rings. The summed E-state index contributed by atoms with van der Waals surface area (Å²) in [7, 11) is 1.74. The van der Waals surface area contributed by atoms with Gasteiger partial charge in [0.15, 0.2) is 0 Å². The first-order valence-electron chi connectivity index (χ1n) is 4.83. The molecule has 0 unspecified atom stereocenters. The van der Waals surface area contributed by atoms with Crippen LogP contribution in [0.3, 0.4) is 0 Å². The van der Waals surface area contributed by atoms with E-state index in [2.05, 4.69) is 15.9 Å². The van der Waals surface area contributed by atoms with Crippen LogP contribution in [-0.2, 0) is 0 Å². The predicted octanol–water partition coefficient (Wildman–Crippen LogP) is 3.85. The first kappa shape index (κ1) is 13.8. The largest absolute Gasteiger partial charge is 0.342 e. The minimum atomic E-state index is -0.142. The first-order chi connectivity index (χ1) is 7.57. The van der Waals surface area contributed by atoms with Crippen LogP contribution in [-0.4, -0.2) is 29.7 Å². The standard InChI is InChI=1S/C11H12BrCl2NO/c1-15(7-3-6-12)11(16)10-8(13)4-2-5-9(10)14/h2,4-5H,3,6-7H2,1H3. The summed E-state index contributed by atoms with van der Waals surface area (Å²) >= 11 is 15.2. The van der Waals surface area contributed by atoms with Crippen molar-refractivity contribution >= 4 is 45.0 Å². The third-order valence-electron chi connectivity index (χ3n) is 2.15. The van der Waals surface area contributed by atoms with Crippen molar-refractivity contribution in [1.29, 1.82) is 0 Å². The number of benzene rings is 1. The van der Waals surface area contributed by atoms with Gasteiger partial charge in [-0.05, 0) is 18.6 Å². The van der Waals surface area contributed by atoms with Gasteiger partial charge in [-0.15, -0.1) is 0 Å². The summed E-state index contributed by atoms with van der Waals surface area (Å²) in [5, 5.41) is 1.65. The lowest BCUT2D eigenvalue weighted by atomic mass is 10.2. The molecule has 0 spiro atoms. The van der Waals surface area contributed by atoms with Crippen molar-refractivity contribution < 1.29 is 4.79 Å². The lowest BCUT2D eigenvalue weighted by Gasteiger charge is -2.17. The van der Waals surface area contributed by atoms with Gasteiger partial charge < -0.3 is 4.90 Å². The molecule has 0 aromatic heterocycles. The van der Waals surface area contributed by atoms with Gasteiger partial charge in [-0.25, -0.2) is 0 Å². The Kier molecular flexibility index (Phi) is 5.59. The third kappa shape index (κ3) is 3.37. The lowest BCUT2D eigenvalue weighted by molar-refractivity contribution is 0.0796. The Hall–Kier alpha value is -0.250. The monoisotopic (exact) mass is 323 g/mol. The van der Waals surface area contributed by atoms with Crippen LogP contribution >= 0.6 is 39.1 Å². The number of rotatable bonds is 4. The van der Waals surface area contributed by atoms with Crippen LogP contribution in [0, 0.1) is 0 Å². The predicted molar refractivity (Wildman–Crippen MR) is 71.8 cm³/mol. The SMILES string of the molecule is CN(CCCBr)C(=O)c1c(Cl)cccc1Cl. The molecule has 0 aliphatic rings. The maximum atomic E-state index is 12.0. The number of hydrogen-bond acceptors (Lipinski definition) is 1. The first-order valence-corrected chi connectivity index (χ1v) is 6.71. The van der Waals surface area contributed by atoms with E-state index in [9.17, 15) is 4.79 Å². The molecule has 0 aliphatic heterocycles. The number of alkyl halides is 1. The van der Waals surface area contributed by atoms with Gasteiger partial charge >= 0.3 is 0 Å². The molecule has 0 heterocycles. The molecular formula is C11H12BrCl2NO. The van der Waals surface area contributed by atoms with Gasteiger partial charge in [-0.1, -0.05) is 45.2 Å². The quantitative estimate of drug-likeness (QED) is 0.770. The summed E-state index contributed by atoms with van der Waals surface area (Å²) in [6.07, 6.45) is 0.893. The molecule has 0 aliphatic carbocycles. The highest BCUT2D eigenvalue weighted by molar-refractivity contribution is 9.09. The maximum Gasteiger partial charge on any atom is 0.256 e. The molecule has 0 saturated carbocycles. The molecule has 1 amide bonds. The number of carbonyl (C=O) groups excluding carboxylic acids is 1. The summed E-state index contributed by atoms with van der Waals surface area (Å²) in [4.78, 5) is 13.7. The van der Waals surface area contributed by atoms with Crippen molar-refractivity contribution in [3.05, 3.63) is 33.8 Å². The summed E-state index contributed by atoms with van der Waals surface area (Å²) in [5.74, 6) is -0.142. The Bertz CT molecular complexity index is 364. The molecule has 0 bridgehead atoms. The number of hydrogen-bond donors (Lipinski definition) is 0. The Morgan fingerprint density at radius 3 is 2.44 bits per heavy atom. The average Bonchev–Trinajstić information content (AvgIpc) is 2.25. The van der Waals surface area contributed by atoms with E-state index >= 15 is 0 Å². The minimum Gasteiger partial charge on any atom is -0.342 e. The Morgan fingerprint density at radius 1 is 1.38 bits per heavy atom. The highest BCUT2D eigenvalue weighted by atomic mass is 79.9. The molecule has 5 heteroatoms. The molecule has 88 valence electrons. The molecular weight excluding hydrogens is 313 g/mol. The second-order valence-corrected chi connectivity index (χ2v) is 4.97. The van der Waals surface area contributed by atoms with Gasteiger partial charge in [0.05, 0.1) is 15.6 Å². The van der Waals surface area contributed by atoms with E-state index in [1.807, 2.05) is 0 Å². The summed E-state index contributed by atoms with van der Waals surface area (Å²) in [6.45, 7) is 0.672. The smallest absolute Gasteiger partial charge is 0.256 e. The minimum absolute atomic E-state index is 0.142. The molecule has 0 atom stereocenters. The number of halogens is 3. The molecule has 0 radical (unpaired) electrons. The Labute approximate surface area is 114 Å². The fraction of sp³-hybridized carbons (Fsp3) is 0.364. The topological polar surface area (TPSA) is 20.3 Å². The van der Waals surface area contributed by atoms with Crippen LogP contribution in [0.5, 0.6) is 0 Å². The number of nitrogens with zero attached hydrogens (tertiary/aromatic N) is 1. The zero-order valence-electron chi connectivity index (χ0n) is 8.84. The molecule has 1 rings (SSSR count). The van der Waals surface area contributed by atoms with Crippen molar-refractivity contribution in [3.63, 3.8) is 0 Å². The van der Waals surface area contributed by atoms with Gasteiger partial charge in [-0.3, -0.25) is 4.79 Å². The van der Waals surface area contributed by atoms with Crippen molar-refractivity contribution in [2.45, 2.75) is 6.42 Å². The van der Waals surface area contributed by atoms with Gasteiger partial charge in [0.25, 0.3) is 5.91 Å². The zero-order chi connectivity index (χ0) is 12.1. The normalized spacial score (nSPS) is 10.2. The average molecular weight is 325 g/mol. The Balaban J connectivity index is 2.87. The highest BCUT2D eigenvalue weighted by Crippen LogP contribution is 2.25. The van der Waals surface area contributed by atoms with Crippen molar-refractivity contribution in [3.8, 4) is 0 Å². The molecule has 0 saturated heterocycles. The molecule has 2 nitrogen and oxygen atoms in total. The van der Waals surface area contributed by atoms with Crippen LogP contribution < -0.4 is 0 Å². The van der Waals surface area contributed by atoms with E-state index in [0.717, 1.165) is 11.8 Å². The highest BCUT2D eigenvalue weighted by Gasteiger charge is 2.17. The van der Waals surface area contributed by atoms with E-state index < -0.39 is 0 Å². The number of amides is 1. The molecule has 1 aromatic rings. The molecule has 16 heavy (non-hydrogen) atoms. The van der Waals surface area contributed by atoms with E-state index in [-0.39, 0.29) is 5.91 Å². The van der Waals surface area contributed by atoms with E-state index in [0.29, 0.717) is 22.2 Å². The number of carbonyl (C=O) groups is 1. The van der Waals surface area contributed by atoms with E-state index in [1.165, 1.54) is 0 Å². The Morgan fingerprint density at radius 2 is 1.94 bits per heavy atom. The fourth-order valence-electron chi connectivity index (χ4n) is 1.29.